The van der Waals surface area contributed by atoms with Crippen LogP contribution in [-0.2, 0) is 4.79 Å². The molecule has 1 aliphatic rings. The first-order valence-corrected chi connectivity index (χ1v) is 6.08. The van der Waals surface area contributed by atoms with Gasteiger partial charge in [0.05, 0.1) is 0 Å². The molecule has 1 aromatic rings. The quantitative estimate of drug-likeness (QED) is 0.802. The lowest BCUT2D eigenvalue weighted by Gasteiger charge is -2.11. The van der Waals surface area contributed by atoms with Crippen LogP contribution in [-0.4, -0.2) is 12.4 Å². The van der Waals surface area contributed by atoms with Crippen molar-refractivity contribution >= 4 is 5.78 Å². The first-order valence-electron chi connectivity index (χ1n) is 6.08. The molecule has 0 unspecified atom stereocenters. The summed E-state index contributed by atoms with van der Waals surface area (Å²) in [6, 6.07) is 4.38. The van der Waals surface area contributed by atoms with Gasteiger partial charge in [0.25, 0.3) is 0 Å². The summed E-state index contributed by atoms with van der Waals surface area (Å²) in [4.78, 5) is 11.8. The van der Waals surface area contributed by atoms with Crippen LogP contribution < -0.4 is 4.74 Å². The minimum Gasteiger partial charge on any atom is -0.485 e. The number of aryl methyl sites for hydroxylation is 1. The lowest BCUT2D eigenvalue weighted by atomic mass is 10.0. The molecule has 1 aromatic carbocycles. The number of Topliss-reactive ketones (excluding diaryl/α,β-unsaturated/α-hetero) is 1. The van der Waals surface area contributed by atoms with Crippen molar-refractivity contribution in [3.8, 4) is 5.75 Å². The van der Waals surface area contributed by atoms with Crippen molar-refractivity contribution in [1.82, 2.24) is 0 Å². The summed E-state index contributed by atoms with van der Waals surface area (Å²) in [5, 5.41) is 0. The lowest BCUT2D eigenvalue weighted by Crippen LogP contribution is -2.19. The fourth-order valence-electron chi connectivity index (χ4n) is 2.24. The van der Waals surface area contributed by atoms with Gasteiger partial charge in [0, 0.05) is 12.0 Å². The van der Waals surface area contributed by atoms with Crippen LogP contribution in [0.15, 0.2) is 18.2 Å². The van der Waals surface area contributed by atoms with Crippen LogP contribution in [0.2, 0.25) is 0 Å². The highest BCUT2D eigenvalue weighted by Crippen LogP contribution is 2.26. The van der Waals surface area contributed by atoms with E-state index < -0.39 is 0 Å². The van der Waals surface area contributed by atoms with Gasteiger partial charge in [0.15, 0.2) is 5.78 Å². The molecule has 1 saturated carbocycles. The van der Waals surface area contributed by atoms with Gasteiger partial charge in [-0.3, -0.25) is 4.79 Å². The van der Waals surface area contributed by atoms with Gasteiger partial charge in [0.2, 0.25) is 0 Å². The first kappa shape index (κ1) is 12.1. The first-order chi connectivity index (χ1) is 8.16. The van der Waals surface area contributed by atoms with Gasteiger partial charge in [0.1, 0.15) is 18.2 Å². The fraction of sp³-hybridized carbons (Fsp3) is 0.500. The van der Waals surface area contributed by atoms with Gasteiger partial charge in [-0.05, 0) is 31.4 Å². The van der Waals surface area contributed by atoms with Crippen LogP contribution in [0.25, 0.3) is 0 Å². The van der Waals surface area contributed by atoms with E-state index in [1.165, 1.54) is 12.1 Å². The molecule has 0 heterocycles. The van der Waals surface area contributed by atoms with Crippen molar-refractivity contribution in [3.05, 3.63) is 29.6 Å². The highest BCUT2D eigenvalue weighted by Gasteiger charge is 2.22. The molecule has 1 aliphatic carbocycles. The maximum absolute atomic E-state index is 13.0. The average Bonchev–Trinajstić information content (AvgIpc) is 2.83. The second-order valence-electron chi connectivity index (χ2n) is 4.65. The molecule has 0 atom stereocenters. The summed E-state index contributed by atoms with van der Waals surface area (Å²) in [5.41, 5.74) is 0.852. The van der Waals surface area contributed by atoms with E-state index in [2.05, 4.69) is 0 Å². The van der Waals surface area contributed by atoms with E-state index in [1.54, 1.807) is 6.07 Å². The van der Waals surface area contributed by atoms with Crippen LogP contribution in [0, 0.1) is 18.7 Å². The molecule has 0 amide bonds. The Labute approximate surface area is 101 Å². The minimum atomic E-state index is -0.334. The summed E-state index contributed by atoms with van der Waals surface area (Å²) in [6.45, 7) is 1.91. The number of ketones is 1. The Morgan fingerprint density at radius 1 is 1.41 bits per heavy atom. The minimum absolute atomic E-state index is 0.0644. The van der Waals surface area contributed by atoms with Crippen LogP contribution in [0.4, 0.5) is 4.39 Å². The monoisotopic (exact) mass is 236 g/mol. The average molecular weight is 236 g/mol. The second-order valence-corrected chi connectivity index (χ2v) is 4.65. The number of carbonyl (C=O) groups excluding carboxylic acids is 1. The summed E-state index contributed by atoms with van der Waals surface area (Å²) in [6.07, 6.45) is 4.22. The van der Waals surface area contributed by atoms with Gasteiger partial charge in [-0.2, -0.15) is 0 Å². The van der Waals surface area contributed by atoms with E-state index in [0.29, 0.717) is 5.75 Å². The molecule has 0 spiro atoms. The Balaban J connectivity index is 1.92. The molecule has 0 bridgehead atoms. The normalized spacial score (nSPS) is 16.1. The maximum atomic E-state index is 13.0. The molecule has 0 N–H and O–H groups in total. The zero-order chi connectivity index (χ0) is 12.3. The molecule has 0 aliphatic heterocycles. The molecule has 0 aromatic heterocycles. The van der Waals surface area contributed by atoms with Gasteiger partial charge < -0.3 is 4.74 Å². The molecule has 0 saturated heterocycles. The number of carbonyl (C=O) groups is 1. The van der Waals surface area contributed by atoms with E-state index in [4.69, 9.17) is 4.74 Å². The third-order valence-corrected chi connectivity index (χ3v) is 3.33. The fourth-order valence-corrected chi connectivity index (χ4v) is 2.24. The molecule has 3 heteroatoms. The zero-order valence-corrected chi connectivity index (χ0v) is 10.0. The topological polar surface area (TPSA) is 26.3 Å². The highest BCUT2D eigenvalue weighted by atomic mass is 19.1. The summed E-state index contributed by atoms with van der Waals surface area (Å²) in [7, 11) is 0. The molecule has 2 rings (SSSR count). The largest absolute Gasteiger partial charge is 0.485 e. The van der Waals surface area contributed by atoms with Gasteiger partial charge in [-0.25, -0.2) is 4.39 Å². The van der Waals surface area contributed by atoms with Crippen molar-refractivity contribution in [1.29, 1.82) is 0 Å². The second kappa shape index (κ2) is 5.30. The van der Waals surface area contributed by atoms with E-state index in [0.717, 1.165) is 31.2 Å². The van der Waals surface area contributed by atoms with E-state index in [9.17, 15) is 9.18 Å². The zero-order valence-electron chi connectivity index (χ0n) is 10.0. The Bertz CT molecular complexity index is 409. The Morgan fingerprint density at radius 3 is 2.82 bits per heavy atom. The lowest BCUT2D eigenvalue weighted by molar-refractivity contribution is -0.124. The predicted octanol–water partition coefficient (Wildman–Crippen LogP) is 3.27. The molecule has 0 radical (unpaired) electrons. The molecular weight excluding hydrogens is 219 g/mol. The number of hydrogen-bond acceptors (Lipinski definition) is 2. The number of halogens is 1. The van der Waals surface area contributed by atoms with Crippen molar-refractivity contribution in [2.24, 2.45) is 5.92 Å². The van der Waals surface area contributed by atoms with Crippen LogP contribution in [0.3, 0.4) is 0 Å². The van der Waals surface area contributed by atoms with Crippen LogP contribution in [0.1, 0.15) is 31.2 Å². The molecule has 1 fully saturated rings. The number of benzene rings is 1. The predicted molar refractivity (Wildman–Crippen MR) is 63.6 cm³/mol. The van der Waals surface area contributed by atoms with Gasteiger partial charge >= 0.3 is 0 Å². The molecule has 17 heavy (non-hydrogen) atoms. The van der Waals surface area contributed by atoms with Crippen molar-refractivity contribution in [2.75, 3.05) is 6.61 Å². The van der Waals surface area contributed by atoms with Gasteiger partial charge in [-0.15, -0.1) is 0 Å². The third-order valence-electron chi connectivity index (χ3n) is 3.33. The van der Waals surface area contributed by atoms with Crippen LogP contribution >= 0.6 is 0 Å². The smallest absolute Gasteiger partial charge is 0.173 e. The summed E-state index contributed by atoms with van der Waals surface area (Å²) in [5.74, 6) is 0.435. The Kier molecular flexibility index (Phi) is 3.77. The van der Waals surface area contributed by atoms with Crippen molar-refractivity contribution < 1.29 is 13.9 Å². The van der Waals surface area contributed by atoms with Crippen molar-refractivity contribution in [3.63, 3.8) is 0 Å². The molecule has 2 nitrogen and oxygen atoms in total. The SMILES string of the molecule is Cc1ccc(F)cc1OCC(=O)C1CCCC1. The van der Waals surface area contributed by atoms with Crippen molar-refractivity contribution in [2.45, 2.75) is 32.6 Å². The summed E-state index contributed by atoms with van der Waals surface area (Å²) < 4.78 is 18.4. The molecule has 92 valence electrons. The molecular formula is C14H17FO2. The number of ether oxygens (including phenoxy) is 1. The van der Waals surface area contributed by atoms with E-state index >= 15 is 0 Å². The van der Waals surface area contributed by atoms with Crippen LogP contribution in [0.5, 0.6) is 5.75 Å². The van der Waals surface area contributed by atoms with E-state index in [1.807, 2.05) is 6.92 Å². The maximum Gasteiger partial charge on any atom is 0.173 e. The highest BCUT2D eigenvalue weighted by molar-refractivity contribution is 5.82. The summed E-state index contributed by atoms with van der Waals surface area (Å²) >= 11 is 0. The third kappa shape index (κ3) is 3.05. The Hall–Kier alpha value is -1.38. The number of hydrogen-bond donors (Lipinski definition) is 0. The standard InChI is InChI=1S/C14H17FO2/c1-10-6-7-12(15)8-14(10)17-9-13(16)11-4-2-3-5-11/h6-8,11H,2-5,9H2,1H3. The van der Waals surface area contributed by atoms with Gasteiger partial charge in [-0.1, -0.05) is 18.9 Å². The number of rotatable bonds is 4. The Morgan fingerprint density at radius 2 is 2.12 bits per heavy atom. The van der Waals surface area contributed by atoms with E-state index in [-0.39, 0.29) is 24.1 Å².